The first-order chi connectivity index (χ1) is 15.0. The highest BCUT2D eigenvalue weighted by Crippen LogP contribution is 2.36. The van der Waals surface area contributed by atoms with Crippen LogP contribution in [0.2, 0.25) is 0 Å². The van der Waals surface area contributed by atoms with E-state index in [1.807, 2.05) is 0 Å². The Bertz CT molecular complexity index is 989. The maximum atomic E-state index is 12.3. The van der Waals surface area contributed by atoms with E-state index in [9.17, 15) is 9.59 Å². The van der Waals surface area contributed by atoms with Crippen molar-refractivity contribution in [3.05, 3.63) is 54.1 Å². The molecule has 2 amide bonds. The number of terminal acetylenes is 1. The third-order valence-corrected chi connectivity index (χ3v) is 4.70. The molecule has 0 saturated heterocycles. The third-order valence-electron chi connectivity index (χ3n) is 4.70. The van der Waals surface area contributed by atoms with Crippen molar-refractivity contribution < 1.29 is 19.1 Å². The van der Waals surface area contributed by atoms with Gasteiger partial charge in [-0.3, -0.25) is 9.59 Å². The maximum absolute atomic E-state index is 12.3. The number of ether oxygens (including phenoxy) is 2. The summed E-state index contributed by atoms with van der Waals surface area (Å²) in [6.45, 7) is 0.300. The molecule has 0 fully saturated rings. The highest BCUT2D eigenvalue weighted by Gasteiger charge is 2.38. The summed E-state index contributed by atoms with van der Waals surface area (Å²) in [6.07, 6.45) is 7.22. The predicted octanol–water partition coefficient (Wildman–Crippen LogP) is 3.41. The summed E-state index contributed by atoms with van der Waals surface area (Å²) >= 11 is 0. The molecule has 3 rings (SSSR count). The van der Waals surface area contributed by atoms with Crippen LogP contribution in [0, 0.1) is 12.3 Å². The molecule has 0 unspecified atom stereocenters. The van der Waals surface area contributed by atoms with E-state index in [0.717, 1.165) is 0 Å². The van der Waals surface area contributed by atoms with Crippen LogP contribution in [0.25, 0.3) is 0 Å². The normalized spacial score (nSPS) is 13.0. The molecule has 2 aromatic carbocycles. The fraction of sp³-hybridized carbons (Fsp3) is 0.304. The Labute approximate surface area is 181 Å². The van der Waals surface area contributed by atoms with E-state index in [2.05, 4.69) is 26.8 Å². The summed E-state index contributed by atoms with van der Waals surface area (Å²) in [4.78, 5) is 24.3. The molecule has 8 heteroatoms. The lowest BCUT2D eigenvalue weighted by molar-refractivity contribution is -0.118. The number of methoxy groups -OCH3 is 1. The van der Waals surface area contributed by atoms with Gasteiger partial charge in [-0.05, 0) is 36.4 Å². The Hall–Kier alpha value is -3.86. The zero-order valence-electron chi connectivity index (χ0n) is 17.3. The van der Waals surface area contributed by atoms with Crippen LogP contribution in [0.1, 0.15) is 29.6 Å². The molecule has 1 aliphatic heterocycles. The number of anilines is 1. The van der Waals surface area contributed by atoms with E-state index < -0.39 is 5.66 Å². The van der Waals surface area contributed by atoms with Crippen molar-refractivity contribution in [2.75, 3.05) is 25.6 Å². The molecule has 31 heavy (non-hydrogen) atoms. The maximum Gasteiger partial charge on any atom is 0.262 e. The molecular weight excluding hydrogens is 396 g/mol. The van der Waals surface area contributed by atoms with E-state index in [0.29, 0.717) is 48.6 Å². The van der Waals surface area contributed by atoms with Gasteiger partial charge in [-0.15, -0.1) is 12.3 Å². The zero-order valence-corrected chi connectivity index (χ0v) is 17.3. The van der Waals surface area contributed by atoms with Crippen molar-refractivity contribution in [1.29, 1.82) is 0 Å². The third kappa shape index (κ3) is 6.57. The van der Waals surface area contributed by atoms with Crippen molar-refractivity contribution >= 4 is 17.5 Å². The van der Waals surface area contributed by atoms with Crippen LogP contribution < -0.4 is 20.1 Å². The summed E-state index contributed by atoms with van der Waals surface area (Å²) in [7, 11) is 1.56. The standard InChI is InChI=1S/C23H24N4O4/c1-3-4-12-23(26-27-23)13-14-24-22(29)17-8-10-19(11-9-17)31-16-21(28)25-18-6-5-7-20(15-18)30-2/h1,5-11,15H,4,12-14,16H2,2H3,(H,24,29)(H,25,28). The van der Waals surface area contributed by atoms with Crippen LogP contribution >= 0.6 is 0 Å². The molecule has 1 heterocycles. The minimum Gasteiger partial charge on any atom is -0.497 e. The number of carbonyl (C=O) groups is 2. The molecule has 0 radical (unpaired) electrons. The lowest BCUT2D eigenvalue weighted by Gasteiger charge is -2.11. The fourth-order valence-electron chi connectivity index (χ4n) is 2.90. The molecule has 0 atom stereocenters. The summed E-state index contributed by atoms with van der Waals surface area (Å²) in [5.41, 5.74) is 0.700. The molecule has 0 saturated carbocycles. The number of hydrogen-bond donors (Lipinski definition) is 2. The smallest absolute Gasteiger partial charge is 0.262 e. The number of hydrogen-bond acceptors (Lipinski definition) is 6. The van der Waals surface area contributed by atoms with Crippen LogP contribution in [0.5, 0.6) is 11.5 Å². The van der Waals surface area contributed by atoms with Gasteiger partial charge in [0.05, 0.1) is 7.11 Å². The Morgan fingerprint density at radius 1 is 1.10 bits per heavy atom. The molecule has 0 spiro atoms. The van der Waals surface area contributed by atoms with E-state index in [-0.39, 0.29) is 18.4 Å². The van der Waals surface area contributed by atoms with Gasteiger partial charge in [0.2, 0.25) is 0 Å². The average molecular weight is 420 g/mol. The molecule has 2 aromatic rings. The van der Waals surface area contributed by atoms with Crippen LogP contribution in [0.15, 0.2) is 58.8 Å². The topological polar surface area (TPSA) is 101 Å². The Morgan fingerprint density at radius 2 is 1.87 bits per heavy atom. The molecule has 0 aromatic heterocycles. The van der Waals surface area contributed by atoms with Crippen molar-refractivity contribution in [1.82, 2.24) is 5.32 Å². The quantitative estimate of drug-likeness (QED) is 0.544. The van der Waals surface area contributed by atoms with Gasteiger partial charge in [0.15, 0.2) is 12.3 Å². The Balaban J connectivity index is 1.40. The van der Waals surface area contributed by atoms with E-state index >= 15 is 0 Å². The summed E-state index contributed by atoms with van der Waals surface area (Å²) in [6, 6.07) is 13.6. The molecule has 160 valence electrons. The van der Waals surface area contributed by atoms with Gasteiger partial charge in [0, 0.05) is 43.1 Å². The minimum absolute atomic E-state index is 0.157. The molecule has 1 aliphatic rings. The first kappa shape index (κ1) is 21.8. The Morgan fingerprint density at radius 3 is 2.55 bits per heavy atom. The average Bonchev–Trinajstić information content (AvgIpc) is 3.56. The van der Waals surface area contributed by atoms with Gasteiger partial charge in [-0.2, -0.15) is 10.2 Å². The van der Waals surface area contributed by atoms with Gasteiger partial charge >= 0.3 is 0 Å². The number of carbonyl (C=O) groups excluding carboxylic acids is 2. The molecular formula is C23H24N4O4. The van der Waals surface area contributed by atoms with Gasteiger partial charge < -0.3 is 20.1 Å². The van der Waals surface area contributed by atoms with Gasteiger partial charge in [0.1, 0.15) is 11.5 Å². The number of amides is 2. The van der Waals surface area contributed by atoms with Crippen LogP contribution in [-0.4, -0.2) is 37.7 Å². The second kappa shape index (κ2) is 10.3. The van der Waals surface area contributed by atoms with Crippen LogP contribution in [0.4, 0.5) is 5.69 Å². The molecule has 0 bridgehead atoms. The lowest BCUT2D eigenvalue weighted by Crippen LogP contribution is -2.28. The number of benzene rings is 2. The van der Waals surface area contributed by atoms with Gasteiger partial charge in [-0.25, -0.2) is 0 Å². The van der Waals surface area contributed by atoms with E-state index in [1.54, 1.807) is 55.6 Å². The molecule has 0 aliphatic carbocycles. The van der Waals surface area contributed by atoms with Crippen LogP contribution in [0.3, 0.4) is 0 Å². The van der Waals surface area contributed by atoms with E-state index in [1.165, 1.54) is 0 Å². The number of nitrogens with one attached hydrogen (secondary N) is 2. The highest BCUT2D eigenvalue weighted by atomic mass is 16.5. The van der Waals surface area contributed by atoms with E-state index in [4.69, 9.17) is 15.9 Å². The van der Waals surface area contributed by atoms with Crippen molar-refractivity contribution in [3.63, 3.8) is 0 Å². The number of nitrogens with zero attached hydrogens (tertiary/aromatic N) is 2. The highest BCUT2D eigenvalue weighted by molar-refractivity contribution is 5.94. The van der Waals surface area contributed by atoms with Crippen molar-refractivity contribution in [2.24, 2.45) is 10.2 Å². The van der Waals surface area contributed by atoms with Gasteiger partial charge in [0.25, 0.3) is 11.8 Å². The van der Waals surface area contributed by atoms with Crippen molar-refractivity contribution in [3.8, 4) is 23.8 Å². The summed E-state index contributed by atoms with van der Waals surface area (Å²) < 4.78 is 10.6. The zero-order chi connectivity index (χ0) is 22.1. The second-order valence-corrected chi connectivity index (χ2v) is 6.99. The van der Waals surface area contributed by atoms with Gasteiger partial charge in [-0.1, -0.05) is 6.07 Å². The monoisotopic (exact) mass is 420 g/mol. The minimum atomic E-state index is -0.414. The molecule has 8 nitrogen and oxygen atoms in total. The van der Waals surface area contributed by atoms with Crippen molar-refractivity contribution in [2.45, 2.75) is 24.9 Å². The first-order valence-corrected chi connectivity index (χ1v) is 9.86. The number of rotatable bonds is 11. The van der Waals surface area contributed by atoms with Crippen LogP contribution in [-0.2, 0) is 4.79 Å². The second-order valence-electron chi connectivity index (χ2n) is 6.99. The molecule has 2 N–H and O–H groups in total. The predicted molar refractivity (Wildman–Crippen MR) is 116 cm³/mol. The fourth-order valence-corrected chi connectivity index (χ4v) is 2.90. The summed E-state index contributed by atoms with van der Waals surface area (Å²) in [5.74, 6) is 3.21. The largest absolute Gasteiger partial charge is 0.497 e. The summed E-state index contributed by atoms with van der Waals surface area (Å²) in [5, 5.41) is 13.7. The SMILES string of the molecule is C#CCCC1(CCNC(=O)c2ccc(OCC(=O)Nc3cccc(OC)c3)cc2)N=N1. The Kier molecular flexibility index (Phi) is 7.22. The first-order valence-electron chi connectivity index (χ1n) is 9.86. The lowest BCUT2D eigenvalue weighted by atomic mass is 10.0.